The van der Waals surface area contributed by atoms with Crippen LogP contribution in [0.25, 0.3) is 0 Å². The van der Waals surface area contributed by atoms with Crippen molar-refractivity contribution >= 4 is 29.0 Å². The van der Waals surface area contributed by atoms with Crippen LogP contribution >= 0.6 is 23.2 Å². The first-order valence-corrected chi connectivity index (χ1v) is 5.75. The van der Waals surface area contributed by atoms with E-state index in [0.717, 1.165) is 0 Å². The molecular formula is C12H9Cl2N3O. The summed E-state index contributed by atoms with van der Waals surface area (Å²) >= 11 is 11.8. The van der Waals surface area contributed by atoms with Crippen molar-refractivity contribution < 1.29 is 4.74 Å². The normalized spacial score (nSPS) is 10.1. The molecule has 0 amide bonds. The molecule has 0 aliphatic carbocycles. The van der Waals surface area contributed by atoms with Crippen molar-refractivity contribution in [3.63, 3.8) is 0 Å². The van der Waals surface area contributed by atoms with Gasteiger partial charge in [0, 0.05) is 22.8 Å². The molecule has 0 saturated heterocycles. The number of hydrogen-bond acceptors (Lipinski definition) is 3. The summed E-state index contributed by atoms with van der Waals surface area (Å²) in [5.74, 6) is 0.784. The molecule has 1 aromatic carbocycles. The van der Waals surface area contributed by atoms with Crippen LogP contribution in [0, 0.1) is 5.41 Å². The number of amidine groups is 1. The average Bonchev–Trinajstić information content (AvgIpc) is 2.33. The lowest BCUT2D eigenvalue weighted by Crippen LogP contribution is -2.11. The summed E-state index contributed by atoms with van der Waals surface area (Å²) in [4.78, 5) is 4.02. The van der Waals surface area contributed by atoms with Crippen LogP contribution < -0.4 is 10.5 Å². The molecule has 0 spiro atoms. The van der Waals surface area contributed by atoms with Gasteiger partial charge in [0.25, 0.3) is 0 Å². The third kappa shape index (κ3) is 2.91. The van der Waals surface area contributed by atoms with Gasteiger partial charge < -0.3 is 10.5 Å². The van der Waals surface area contributed by atoms with Gasteiger partial charge in [-0.1, -0.05) is 23.2 Å². The standard InChI is InChI=1S/C12H9Cl2N3O/c13-8-2-3-10(9(14)5-8)18-11-4-1-7(6-17-11)12(15)16/h1-6H,(H3,15,16). The molecule has 0 fully saturated rings. The number of nitrogen functional groups attached to an aromatic ring is 1. The Hall–Kier alpha value is -1.78. The van der Waals surface area contributed by atoms with Gasteiger partial charge in [-0.05, 0) is 24.3 Å². The zero-order valence-electron chi connectivity index (χ0n) is 9.15. The zero-order valence-corrected chi connectivity index (χ0v) is 10.7. The summed E-state index contributed by atoms with van der Waals surface area (Å²) in [6, 6.07) is 8.18. The van der Waals surface area contributed by atoms with Gasteiger partial charge in [0.1, 0.15) is 11.6 Å². The highest BCUT2D eigenvalue weighted by Gasteiger charge is 2.05. The predicted molar refractivity (Wildman–Crippen MR) is 71.8 cm³/mol. The third-order valence-electron chi connectivity index (χ3n) is 2.16. The molecule has 0 aliphatic rings. The molecule has 0 radical (unpaired) electrons. The summed E-state index contributed by atoms with van der Waals surface area (Å²) in [5.41, 5.74) is 5.86. The van der Waals surface area contributed by atoms with E-state index in [1.807, 2.05) is 0 Å². The number of nitrogens with zero attached hydrogens (tertiary/aromatic N) is 1. The van der Waals surface area contributed by atoms with Crippen molar-refractivity contribution in [1.82, 2.24) is 4.98 Å². The van der Waals surface area contributed by atoms with Gasteiger partial charge in [-0.25, -0.2) is 4.98 Å². The van der Waals surface area contributed by atoms with Gasteiger partial charge in [0.2, 0.25) is 5.88 Å². The lowest BCUT2D eigenvalue weighted by Gasteiger charge is -2.07. The fraction of sp³-hybridized carbons (Fsp3) is 0. The van der Waals surface area contributed by atoms with E-state index in [-0.39, 0.29) is 5.84 Å². The molecule has 3 N–H and O–H groups in total. The molecule has 2 rings (SSSR count). The summed E-state index contributed by atoms with van der Waals surface area (Å²) in [6.07, 6.45) is 1.46. The average molecular weight is 282 g/mol. The highest BCUT2D eigenvalue weighted by molar-refractivity contribution is 6.35. The number of nitrogens with one attached hydrogen (secondary N) is 1. The van der Waals surface area contributed by atoms with Crippen LogP contribution in [0.4, 0.5) is 0 Å². The molecule has 1 aromatic heterocycles. The highest BCUT2D eigenvalue weighted by atomic mass is 35.5. The van der Waals surface area contributed by atoms with Crippen LogP contribution in [0.1, 0.15) is 5.56 Å². The summed E-state index contributed by atoms with van der Waals surface area (Å²) in [6.45, 7) is 0. The number of nitrogens with two attached hydrogens (primary N) is 1. The maximum atomic E-state index is 7.25. The van der Waals surface area contributed by atoms with Crippen LogP contribution in [0.2, 0.25) is 10.0 Å². The van der Waals surface area contributed by atoms with Gasteiger partial charge in [-0.15, -0.1) is 0 Å². The van der Waals surface area contributed by atoms with Crippen molar-refractivity contribution in [1.29, 1.82) is 5.41 Å². The highest BCUT2D eigenvalue weighted by Crippen LogP contribution is 2.30. The molecule has 18 heavy (non-hydrogen) atoms. The van der Waals surface area contributed by atoms with E-state index in [2.05, 4.69) is 4.98 Å². The topological polar surface area (TPSA) is 72.0 Å². The van der Waals surface area contributed by atoms with Gasteiger partial charge in [0.15, 0.2) is 0 Å². The van der Waals surface area contributed by atoms with Crippen molar-refractivity contribution in [3.8, 4) is 11.6 Å². The Morgan fingerprint density at radius 2 is 2.00 bits per heavy atom. The number of aromatic nitrogens is 1. The zero-order chi connectivity index (χ0) is 13.1. The van der Waals surface area contributed by atoms with Gasteiger partial charge in [-0.3, -0.25) is 5.41 Å². The smallest absolute Gasteiger partial charge is 0.219 e. The van der Waals surface area contributed by atoms with Crippen molar-refractivity contribution in [3.05, 3.63) is 52.1 Å². The number of pyridine rings is 1. The quantitative estimate of drug-likeness (QED) is 0.668. The number of halogens is 2. The molecule has 0 bridgehead atoms. The summed E-state index contributed by atoms with van der Waals surface area (Å²) in [7, 11) is 0. The van der Waals surface area contributed by atoms with E-state index in [4.69, 9.17) is 39.1 Å². The second-order valence-electron chi connectivity index (χ2n) is 3.48. The molecule has 6 heteroatoms. The monoisotopic (exact) mass is 281 g/mol. The lowest BCUT2D eigenvalue weighted by molar-refractivity contribution is 0.463. The Kier molecular flexibility index (Phi) is 3.69. The molecule has 4 nitrogen and oxygen atoms in total. The summed E-state index contributed by atoms with van der Waals surface area (Å²) in [5, 5.41) is 8.18. The maximum absolute atomic E-state index is 7.25. The fourth-order valence-electron chi connectivity index (χ4n) is 1.27. The van der Waals surface area contributed by atoms with Crippen LogP contribution in [-0.4, -0.2) is 10.8 Å². The number of benzene rings is 1. The molecule has 2 aromatic rings. The molecule has 0 aliphatic heterocycles. The number of ether oxygens (including phenoxy) is 1. The Morgan fingerprint density at radius 3 is 2.56 bits per heavy atom. The van der Waals surface area contributed by atoms with E-state index in [0.29, 0.717) is 27.2 Å². The third-order valence-corrected chi connectivity index (χ3v) is 2.69. The Balaban J connectivity index is 2.21. The SMILES string of the molecule is N=C(N)c1ccc(Oc2ccc(Cl)cc2Cl)nc1. The maximum Gasteiger partial charge on any atom is 0.219 e. The minimum atomic E-state index is -0.0430. The first kappa shape index (κ1) is 12.7. The van der Waals surface area contributed by atoms with E-state index in [1.165, 1.54) is 6.20 Å². The van der Waals surface area contributed by atoms with Gasteiger partial charge >= 0.3 is 0 Å². The van der Waals surface area contributed by atoms with Gasteiger partial charge in [0.05, 0.1) is 5.02 Å². The van der Waals surface area contributed by atoms with Gasteiger partial charge in [-0.2, -0.15) is 0 Å². The van der Waals surface area contributed by atoms with Crippen LogP contribution in [0.3, 0.4) is 0 Å². The van der Waals surface area contributed by atoms with E-state index in [9.17, 15) is 0 Å². The van der Waals surface area contributed by atoms with E-state index >= 15 is 0 Å². The second-order valence-corrected chi connectivity index (χ2v) is 4.32. The van der Waals surface area contributed by atoms with E-state index < -0.39 is 0 Å². The Morgan fingerprint density at radius 1 is 1.22 bits per heavy atom. The lowest BCUT2D eigenvalue weighted by atomic mass is 10.3. The first-order chi connectivity index (χ1) is 8.56. The number of hydrogen-bond donors (Lipinski definition) is 2. The second kappa shape index (κ2) is 5.25. The molecule has 92 valence electrons. The number of rotatable bonds is 3. The van der Waals surface area contributed by atoms with Crippen LogP contribution in [0.15, 0.2) is 36.5 Å². The minimum Gasteiger partial charge on any atom is -0.437 e. The fourth-order valence-corrected chi connectivity index (χ4v) is 1.72. The van der Waals surface area contributed by atoms with Crippen molar-refractivity contribution in [2.75, 3.05) is 0 Å². The largest absolute Gasteiger partial charge is 0.437 e. The first-order valence-electron chi connectivity index (χ1n) is 4.99. The molecule has 0 atom stereocenters. The van der Waals surface area contributed by atoms with Crippen molar-refractivity contribution in [2.24, 2.45) is 5.73 Å². The Bertz CT molecular complexity index is 584. The van der Waals surface area contributed by atoms with E-state index in [1.54, 1.807) is 30.3 Å². The van der Waals surface area contributed by atoms with Crippen molar-refractivity contribution in [2.45, 2.75) is 0 Å². The molecular weight excluding hydrogens is 273 g/mol. The molecule has 1 heterocycles. The molecule has 0 saturated carbocycles. The molecule has 0 unspecified atom stereocenters. The predicted octanol–water partition coefficient (Wildman–Crippen LogP) is 3.46. The van der Waals surface area contributed by atoms with Crippen LogP contribution in [0.5, 0.6) is 11.6 Å². The summed E-state index contributed by atoms with van der Waals surface area (Å²) < 4.78 is 5.49. The Labute approximate surface area is 114 Å². The minimum absolute atomic E-state index is 0.0430. The van der Waals surface area contributed by atoms with Crippen LogP contribution in [-0.2, 0) is 0 Å².